The number of aryl methyl sites for hydroxylation is 2. The van der Waals surface area contributed by atoms with Gasteiger partial charge in [-0.2, -0.15) is 0 Å². The molecule has 1 amide bonds. The first-order chi connectivity index (χ1) is 11.5. The van der Waals surface area contributed by atoms with Crippen LogP contribution in [0.25, 0.3) is 0 Å². The Bertz CT molecular complexity index is 693. The van der Waals surface area contributed by atoms with E-state index in [2.05, 4.69) is 6.92 Å². The smallest absolute Gasteiger partial charge is 0.254 e. The average Bonchev–Trinajstić information content (AvgIpc) is 2.95. The van der Waals surface area contributed by atoms with E-state index in [4.69, 9.17) is 0 Å². The number of hydrogen-bond acceptors (Lipinski definition) is 1. The van der Waals surface area contributed by atoms with Crippen LogP contribution in [0, 0.1) is 12.7 Å². The van der Waals surface area contributed by atoms with E-state index in [9.17, 15) is 9.18 Å². The van der Waals surface area contributed by atoms with E-state index in [-0.39, 0.29) is 23.8 Å². The van der Waals surface area contributed by atoms with Crippen molar-refractivity contribution >= 4 is 5.91 Å². The molecule has 2 atom stereocenters. The molecule has 0 aromatic heterocycles. The van der Waals surface area contributed by atoms with Gasteiger partial charge < -0.3 is 4.90 Å². The Hall–Kier alpha value is -2.16. The van der Waals surface area contributed by atoms with Crippen molar-refractivity contribution in [3.8, 4) is 0 Å². The number of benzene rings is 2. The third kappa shape index (κ3) is 3.66. The molecule has 1 aliphatic heterocycles. The summed E-state index contributed by atoms with van der Waals surface area (Å²) >= 11 is 0. The van der Waals surface area contributed by atoms with Gasteiger partial charge in [0.15, 0.2) is 0 Å². The van der Waals surface area contributed by atoms with Crippen molar-refractivity contribution in [3.05, 3.63) is 71.0 Å². The molecule has 1 fully saturated rings. The highest BCUT2D eigenvalue weighted by atomic mass is 19.1. The fraction of sp³-hybridized carbons (Fsp3) is 0.381. The summed E-state index contributed by atoms with van der Waals surface area (Å²) in [5.41, 5.74) is 3.05. The summed E-state index contributed by atoms with van der Waals surface area (Å²) in [7, 11) is 0. The lowest BCUT2D eigenvalue weighted by molar-refractivity contribution is 0.0673. The van der Waals surface area contributed by atoms with E-state index in [1.165, 1.54) is 12.1 Å². The van der Waals surface area contributed by atoms with Gasteiger partial charge >= 0.3 is 0 Å². The third-order valence-corrected chi connectivity index (χ3v) is 5.00. The largest absolute Gasteiger partial charge is 0.333 e. The highest BCUT2D eigenvalue weighted by Crippen LogP contribution is 2.29. The van der Waals surface area contributed by atoms with Gasteiger partial charge in [0.2, 0.25) is 0 Å². The molecule has 0 spiro atoms. The number of nitrogens with zero attached hydrogens (tertiary/aromatic N) is 1. The lowest BCUT2D eigenvalue weighted by Crippen LogP contribution is -2.40. The second-order valence-corrected chi connectivity index (χ2v) is 6.82. The molecule has 2 aromatic carbocycles. The molecule has 1 saturated heterocycles. The Labute approximate surface area is 143 Å². The molecule has 2 aromatic rings. The summed E-state index contributed by atoms with van der Waals surface area (Å²) in [5.74, 6) is -0.0754. The predicted molar refractivity (Wildman–Crippen MR) is 94.6 cm³/mol. The van der Waals surface area contributed by atoms with Crippen molar-refractivity contribution in [2.45, 2.75) is 51.6 Å². The van der Waals surface area contributed by atoms with E-state index in [0.717, 1.165) is 42.4 Å². The van der Waals surface area contributed by atoms with Crippen LogP contribution in [-0.4, -0.2) is 22.9 Å². The van der Waals surface area contributed by atoms with E-state index in [0.29, 0.717) is 0 Å². The van der Waals surface area contributed by atoms with Crippen LogP contribution in [0.1, 0.15) is 47.7 Å². The van der Waals surface area contributed by atoms with E-state index in [1.54, 1.807) is 0 Å². The number of halogens is 1. The molecule has 2 nitrogen and oxygen atoms in total. The number of rotatable bonds is 4. The molecule has 0 radical (unpaired) electrons. The van der Waals surface area contributed by atoms with E-state index < -0.39 is 0 Å². The normalized spacial score (nSPS) is 20.4. The maximum absolute atomic E-state index is 13.0. The molecule has 3 heteroatoms. The molecule has 1 heterocycles. The minimum atomic E-state index is -0.204. The average molecular weight is 325 g/mol. The van der Waals surface area contributed by atoms with Gasteiger partial charge in [0, 0.05) is 17.6 Å². The van der Waals surface area contributed by atoms with Crippen molar-refractivity contribution in [1.29, 1.82) is 0 Å². The maximum atomic E-state index is 13.0. The molecule has 0 unspecified atom stereocenters. The molecule has 24 heavy (non-hydrogen) atoms. The Morgan fingerprint density at radius 3 is 2.42 bits per heavy atom. The summed E-state index contributed by atoms with van der Waals surface area (Å²) in [5, 5.41) is 0. The van der Waals surface area contributed by atoms with Crippen molar-refractivity contribution in [2.75, 3.05) is 0 Å². The molecule has 0 saturated carbocycles. The first-order valence-electron chi connectivity index (χ1n) is 8.68. The summed E-state index contributed by atoms with van der Waals surface area (Å²) in [6.07, 6.45) is 3.88. The van der Waals surface area contributed by atoms with Gasteiger partial charge in [-0.3, -0.25) is 4.79 Å². The van der Waals surface area contributed by atoms with Crippen molar-refractivity contribution < 1.29 is 9.18 Å². The fourth-order valence-corrected chi connectivity index (χ4v) is 3.55. The van der Waals surface area contributed by atoms with Gasteiger partial charge in [0.25, 0.3) is 5.91 Å². The van der Waals surface area contributed by atoms with E-state index in [1.807, 2.05) is 48.2 Å². The quantitative estimate of drug-likeness (QED) is 0.793. The van der Waals surface area contributed by atoms with Gasteiger partial charge in [0.1, 0.15) is 5.82 Å². The van der Waals surface area contributed by atoms with Gasteiger partial charge in [-0.05, 0) is 69.4 Å². The molecular weight excluding hydrogens is 301 g/mol. The van der Waals surface area contributed by atoms with Crippen LogP contribution in [0.3, 0.4) is 0 Å². The second-order valence-electron chi connectivity index (χ2n) is 6.82. The molecule has 126 valence electrons. The Kier molecular flexibility index (Phi) is 4.98. The monoisotopic (exact) mass is 325 g/mol. The first-order valence-corrected chi connectivity index (χ1v) is 8.68. The van der Waals surface area contributed by atoms with Gasteiger partial charge in [-0.1, -0.05) is 29.8 Å². The highest BCUT2D eigenvalue weighted by Gasteiger charge is 2.34. The fourth-order valence-electron chi connectivity index (χ4n) is 3.55. The van der Waals surface area contributed by atoms with Crippen LogP contribution in [0.15, 0.2) is 48.5 Å². The highest BCUT2D eigenvalue weighted by molar-refractivity contribution is 5.94. The molecule has 3 rings (SSSR count). The second kappa shape index (κ2) is 7.16. The number of carbonyl (C=O) groups is 1. The van der Waals surface area contributed by atoms with Crippen molar-refractivity contribution in [3.63, 3.8) is 0 Å². The summed E-state index contributed by atoms with van der Waals surface area (Å²) < 4.78 is 13.0. The van der Waals surface area contributed by atoms with Crippen LogP contribution < -0.4 is 0 Å². The van der Waals surface area contributed by atoms with Crippen LogP contribution in [-0.2, 0) is 6.42 Å². The number of carbonyl (C=O) groups excluding carboxylic acids is 1. The number of likely N-dealkylation sites (tertiary alicyclic amines) is 1. The molecular formula is C21H24FNO. The molecule has 0 bridgehead atoms. The standard InChI is InChI=1S/C21H24FNO/c1-15-3-9-18(10-4-15)21(24)23-16(2)5-13-20(23)14-8-17-6-11-19(22)12-7-17/h3-4,6-7,9-12,16,20H,5,8,13-14H2,1-2H3/t16-,20-/m1/s1. The van der Waals surface area contributed by atoms with Gasteiger partial charge in [-0.25, -0.2) is 4.39 Å². The first kappa shape index (κ1) is 16.7. The van der Waals surface area contributed by atoms with Crippen LogP contribution >= 0.6 is 0 Å². The van der Waals surface area contributed by atoms with Crippen molar-refractivity contribution in [1.82, 2.24) is 4.90 Å². The van der Waals surface area contributed by atoms with Crippen molar-refractivity contribution in [2.24, 2.45) is 0 Å². The lowest BCUT2D eigenvalue weighted by atomic mass is 10.0. The van der Waals surface area contributed by atoms with Crippen LogP contribution in [0.5, 0.6) is 0 Å². The van der Waals surface area contributed by atoms with Crippen LogP contribution in [0.2, 0.25) is 0 Å². The minimum absolute atomic E-state index is 0.129. The third-order valence-electron chi connectivity index (χ3n) is 5.00. The van der Waals surface area contributed by atoms with Gasteiger partial charge in [-0.15, -0.1) is 0 Å². The predicted octanol–water partition coefficient (Wildman–Crippen LogP) is 4.76. The zero-order valence-corrected chi connectivity index (χ0v) is 14.3. The van der Waals surface area contributed by atoms with E-state index >= 15 is 0 Å². The molecule has 0 N–H and O–H groups in total. The Morgan fingerprint density at radius 1 is 1.08 bits per heavy atom. The lowest BCUT2D eigenvalue weighted by Gasteiger charge is -2.29. The topological polar surface area (TPSA) is 20.3 Å². The SMILES string of the molecule is Cc1ccc(C(=O)N2[C@@H](CCc3ccc(F)cc3)CC[C@H]2C)cc1. The Balaban J connectivity index is 1.69. The zero-order valence-electron chi connectivity index (χ0n) is 14.3. The maximum Gasteiger partial charge on any atom is 0.254 e. The summed E-state index contributed by atoms with van der Waals surface area (Å²) in [6.45, 7) is 4.15. The number of hydrogen-bond donors (Lipinski definition) is 0. The molecule has 0 aliphatic carbocycles. The van der Waals surface area contributed by atoms with Crippen LogP contribution in [0.4, 0.5) is 4.39 Å². The number of amides is 1. The summed E-state index contributed by atoms with van der Waals surface area (Å²) in [4.78, 5) is 15.0. The zero-order chi connectivity index (χ0) is 17.1. The molecule has 1 aliphatic rings. The summed E-state index contributed by atoms with van der Waals surface area (Å²) in [6, 6.07) is 15.0. The minimum Gasteiger partial charge on any atom is -0.333 e. The van der Waals surface area contributed by atoms with Gasteiger partial charge in [0.05, 0.1) is 0 Å². The Morgan fingerprint density at radius 2 is 1.75 bits per heavy atom.